The van der Waals surface area contributed by atoms with Gasteiger partial charge in [-0.3, -0.25) is 9.48 Å². The normalized spacial score (nSPS) is 25.2. The molecule has 3 atom stereocenters. The lowest BCUT2D eigenvalue weighted by Crippen LogP contribution is -2.39. The molecule has 1 aliphatic heterocycles. The van der Waals surface area contributed by atoms with Crippen molar-refractivity contribution in [3.63, 3.8) is 0 Å². The van der Waals surface area contributed by atoms with Gasteiger partial charge >= 0.3 is 0 Å². The maximum Gasteiger partial charge on any atom is 0.244 e. The highest BCUT2D eigenvalue weighted by atomic mass is 16.2. The van der Waals surface area contributed by atoms with Crippen LogP contribution in [0.1, 0.15) is 18.5 Å². The molecule has 2 aliphatic rings. The van der Waals surface area contributed by atoms with Gasteiger partial charge in [-0.15, -0.1) is 5.10 Å². The minimum atomic E-state index is 0.162. The van der Waals surface area contributed by atoms with E-state index in [2.05, 4.69) is 27.2 Å². The summed E-state index contributed by atoms with van der Waals surface area (Å²) in [7, 11) is 2.10. The van der Waals surface area contributed by atoms with E-state index in [0.29, 0.717) is 24.4 Å². The molecular weight excluding hydrogens is 316 g/mol. The summed E-state index contributed by atoms with van der Waals surface area (Å²) >= 11 is 0. The average molecular weight is 340 g/mol. The van der Waals surface area contributed by atoms with Gasteiger partial charge in [0.1, 0.15) is 6.54 Å². The zero-order chi connectivity index (χ0) is 17.4. The summed E-state index contributed by atoms with van der Waals surface area (Å²) in [6.07, 6.45) is 5.87. The van der Waals surface area contributed by atoms with Gasteiger partial charge in [-0.2, -0.15) is 10.2 Å². The summed E-state index contributed by atoms with van der Waals surface area (Å²) < 4.78 is 1.70. The number of hydrogen-bond donors (Lipinski definition) is 0. The van der Waals surface area contributed by atoms with Crippen molar-refractivity contribution in [1.29, 1.82) is 0 Å². The van der Waals surface area contributed by atoms with Crippen LogP contribution in [0.25, 0.3) is 0 Å². The minimum absolute atomic E-state index is 0.162. The van der Waals surface area contributed by atoms with Crippen molar-refractivity contribution < 1.29 is 4.79 Å². The zero-order valence-electron chi connectivity index (χ0n) is 14.7. The number of amides is 1. The van der Waals surface area contributed by atoms with Crippen molar-refractivity contribution in [1.82, 2.24) is 24.9 Å². The van der Waals surface area contributed by atoms with Crippen LogP contribution in [0.2, 0.25) is 0 Å². The first-order valence-electron chi connectivity index (χ1n) is 8.90. The van der Waals surface area contributed by atoms with Gasteiger partial charge in [-0.1, -0.05) is 0 Å². The molecule has 7 heteroatoms. The molecule has 1 amide bonds. The number of carbonyl (C=O) groups is 1. The van der Waals surface area contributed by atoms with E-state index in [4.69, 9.17) is 0 Å². The van der Waals surface area contributed by atoms with Crippen molar-refractivity contribution >= 4 is 11.7 Å². The lowest BCUT2D eigenvalue weighted by molar-refractivity contribution is -0.131. The first-order chi connectivity index (χ1) is 12.1. The third-order valence-electron chi connectivity index (χ3n) is 5.67. The molecule has 3 heterocycles. The molecule has 0 N–H and O–H groups in total. The van der Waals surface area contributed by atoms with Crippen LogP contribution in [0.3, 0.4) is 0 Å². The fraction of sp³-hybridized carbons (Fsp3) is 0.556. The molecule has 0 spiro atoms. The van der Waals surface area contributed by atoms with E-state index in [-0.39, 0.29) is 5.91 Å². The van der Waals surface area contributed by atoms with Gasteiger partial charge in [0.15, 0.2) is 5.82 Å². The molecule has 2 aromatic heterocycles. The van der Waals surface area contributed by atoms with Crippen molar-refractivity contribution in [2.45, 2.75) is 32.4 Å². The highest BCUT2D eigenvalue weighted by molar-refractivity contribution is 5.76. The van der Waals surface area contributed by atoms with Crippen molar-refractivity contribution in [3.8, 4) is 0 Å². The van der Waals surface area contributed by atoms with Gasteiger partial charge in [-0.05, 0) is 43.9 Å². The van der Waals surface area contributed by atoms with Gasteiger partial charge in [0, 0.05) is 44.5 Å². The van der Waals surface area contributed by atoms with Gasteiger partial charge in [0.25, 0.3) is 0 Å². The van der Waals surface area contributed by atoms with E-state index in [0.717, 1.165) is 31.0 Å². The second-order valence-corrected chi connectivity index (χ2v) is 7.21. The Morgan fingerprint density at radius 2 is 2.16 bits per heavy atom. The Balaban J connectivity index is 1.42. The quantitative estimate of drug-likeness (QED) is 0.841. The smallest absolute Gasteiger partial charge is 0.244 e. The Morgan fingerprint density at radius 3 is 2.88 bits per heavy atom. The highest BCUT2D eigenvalue weighted by Crippen LogP contribution is 2.41. The summed E-state index contributed by atoms with van der Waals surface area (Å²) in [5.41, 5.74) is 0.928. The Kier molecular flexibility index (Phi) is 4.15. The fourth-order valence-electron chi connectivity index (χ4n) is 4.30. The molecule has 132 valence electrons. The SMILES string of the molecule is Cc1ccc(N(C)[C@@H]2CC[C@@H]3CN(C(=O)Cn4cccn4)C[C@@H]32)nn1. The molecule has 4 rings (SSSR count). The van der Waals surface area contributed by atoms with Crippen LogP contribution in [-0.2, 0) is 11.3 Å². The van der Waals surface area contributed by atoms with Crippen molar-refractivity contribution in [2.24, 2.45) is 11.8 Å². The first kappa shape index (κ1) is 16.1. The number of rotatable bonds is 4. The Hall–Kier alpha value is -2.44. The lowest BCUT2D eigenvalue weighted by Gasteiger charge is -2.30. The van der Waals surface area contributed by atoms with Gasteiger partial charge in [0.2, 0.25) is 5.91 Å². The first-order valence-corrected chi connectivity index (χ1v) is 8.90. The number of anilines is 1. The summed E-state index contributed by atoms with van der Waals surface area (Å²) in [6.45, 7) is 3.98. The molecule has 2 fully saturated rings. The third-order valence-corrected chi connectivity index (χ3v) is 5.67. The largest absolute Gasteiger partial charge is 0.355 e. The van der Waals surface area contributed by atoms with Gasteiger partial charge in [0.05, 0.1) is 5.69 Å². The van der Waals surface area contributed by atoms with Crippen molar-refractivity contribution in [3.05, 3.63) is 36.3 Å². The molecule has 1 saturated heterocycles. The topological polar surface area (TPSA) is 67.2 Å². The van der Waals surface area contributed by atoms with Crippen LogP contribution >= 0.6 is 0 Å². The monoisotopic (exact) mass is 340 g/mol. The molecule has 7 nitrogen and oxygen atoms in total. The van der Waals surface area contributed by atoms with E-state index in [1.54, 1.807) is 10.9 Å². The maximum atomic E-state index is 12.6. The van der Waals surface area contributed by atoms with Gasteiger partial charge < -0.3 is 9.80 Å². The molecular formula is C18H24N6O. The Morgan fingerprint density at radius 1 is 1.28 bits per heavy atom. The lowest BCUT2D eigenvalue weighted by atomic mass is 9.97. The molecule has 2 aromatic rings. The standard InChI is InChI=1S/C18H24N6O/c1-13-4-7-17(21-20-13)22(2)16-6-5-14-10-23(11-15(14)16)18(25)12-24-9-3-8-19-24/h3-4,7-9,14-16H,5-6,10-12H2,1-2H3/t14-,15+,16-/m1/s1. The number of hydrogen-bond acceptors (Lipinski definition) is 5. The summed E-state index contributed by atoms with van der Waals surface area (Å²) in [6, 6.07) is 6.30. The molecule has 0 radical (unpaired) electrons. The number of fused-ring (bicyclic) bond motifs is 1. The van der Waals surface area contributed by atoms with Crippen LogP contribution in [-0.4, -0.2) is 57.0 Å². The van der Waals surface area contributed by atoms with Crippen LogP contribution in [0.15, 0.2) is 30.6 Å². The van der Waals surface area contributed by atoms with E-state index in [1.165, 1.54) is 6.42 Å². The van der Waals surface area contributed by atoms with E-state index in [9.17, 15) is 4.79 Å². The van der Waals surface area contributed by atoms with Crippen LogP contribution < -0.4 is 4.90 Å². The fourth-order valence-corrected chi connectivity index (χ4v) is 4.30. The second kappa shape index (κ2) is 6.46. The number of aromatic nitrogens is 4. The minimum Gasteiger partial charge on any atom is -0.355 e. The molecule has 1 aliphatic carbocycles. The van der Waals surface area contributed by atoms with E-state index < -0.39 is 0 Å². The predicted molar refractivity (Wildman–Crippen MR) is 94.0 cm³/mol. The zero-order valence-corrected chi connectivity index (χ0v) is 14.7. The maximum absolute atomic E-state index is 12.6. The van der Waals surface area contributed by atoms with Crippen LogP contribution in [0.4, 0.5) is 5.82 Å². The second-order valence-electron chi connectivity index (χ2n) is 7.21. The third kappa shape index (κ3) is 3.10. The van der Waals surface area contributed by atoms with Crippen LogP contribution in [0.5, 0.6) is 0 Å². The Bertz CT molecular complexity index is 729. The number of nitrogens with zero attached hydrogens (tertiary/aromatic N) is 6. The molecule has 0 aromatic carbocycles. The predicted octanol–water partition coefficient (Wildman–Crippen LogP) is 1.35. The molecule has 1 saturated carbocycles. The summed E-state index contributed by atoms with van der Waals surface area (Å²) in [5, 5.41) is 12.6. The molecule has 25 heavy (non-hydrogen) atoms. The average Bonchev–Trinajstić information content (AvgIpc) is 3.31. The number of aryl methyl sites for hydroxylation is 1. The van der Waals surface area contributed by atoms with Gasteiger partial charge in [-0.25, -0.2) is 0 Å². The van der Waals surface area contributed by atoms with Crippen LogP contribution in [0, 0.1) is 18.8 Å². The van der Waals surface area contributed by atoms with E-state index in [1.807, 2.05) is 36.2 Å². The molecule has 0 unspecified atom stereocenters. The summed E-state index contributed by atoms with van der Waals surface area (Å²) in [4.78, 5) is 16.8. The van der Waals surface area contributed by atoms with Crippen molar-refractivity contribution in [2.75, 3.05) is 25.0 Å². The Labute approximate surface area is 147 Å². The summed E-state index contributed by atoms with van der Waals surface area (Å²) in [5.74, 6) is 2.18. The highest BCUT2D eigenvalue weighted by Gasteiger charge is 2.45. The van der Waals surface area contributed by atoms with E-state index >= 15 is 0 Å². The number of carbonyl (C=O) groups excluding carboxylic acids is 1. The number of likely N-dealkylation sites (tertiary alicyclic amines) is 1. The molecule has 0 bridgehead atoms.